The quantitative estimate of drug-likeness (QED) is 0.394. The van der Waals surface area contributed by atoms with Crippen molar-refractivity contribution in [1.29, 1.82) is 0 Å². The molecule has 30 heavy (non-hydrogen) atoms. The third-order valence-electron chi connectivity index (χ3n) is 5.21. The van der Waals surface area contributed by atoms with Crippen molar-refractivity contribution in [1.82, 2.24) is 6.15 Å². The Hall–Kier alpha value is -1.55. The van der Waals surface area contributed by atoms with Crippen LogP contribution in [0.2, 0.25) is 0 Å². The number of aryl methyl sites for hydroxylation is 1. The fourth-order valence-electron chi connectivity index (χ4n) is 3.87. The third-order valence-corrected chi connectivity index (χ3v) is 5.21. The van der Waals surface area contributed by atoms with Crippen LogP contribution >= 0.6 is 12.4 Å². The van der Waals surface area contributed by atoms with Gasteiger partial charge in [0.2, 0.25) is 0 Å². The van der Waals surface area contributed by atoms with Crippen molar-refractivity contribution in [2.24, 2.45) is 11.8 Å². The minimum atomic E-state index is 0. The molecule has 2 aromatic carbocycles. The summed E-state index contributed by atoms with van der Waals surface area (Å²) < 4.78 is 12.0. The minimum Gasteiger partial charge on any atom is -0.491 e. The molecular formula is C26H42ClNO2. The van der Waals surface area contributed by atoms with Gasteiger partial charge in [-0.3, -0.25) is 0 Å². The molecule has 0 aliphatic rings. The molecular weight excluding hydrogens is 394 g/mol. The second-order valence-corrected chi connectivity index (χ2v) is 8.74. The monoisotopic (exact) mass is 435 g/mol. The Kier molecular flexibility index (Phi) is 13.0. The molecule has 0 saturated carbocycles. The minimum absolute atomic E-state index is 0. The van der Waals surface area contributed by atoms with Crippen molar-refractivity contribution in [3.63, 3.8) is 0 Å². The van der Waals surface area contributed by atoms with Gasteiger partial charge in [-0.15, -0.1) is 12.4 Å². The van der Waals surface area contributed by atoms with Gasteiger partial charge in [0, 0.05) is 0 Å². The lowest BCUT2D eigenvalue weighted by Crippen LogP contribution is -2.15. The Labute approximate surface area is 190 Å². The van der Waals surface area contributed by atoms with E-state index in [1.165, 1.54) is 27.8 Å². The second kappa shape index (κ2) is 13.7. The average molecular weight is 436 g/mol. The predicted molar refractivity (Wildman–Crippen MR) is 132 cm³/mol. The SMILES string of the molecule is Cc1cc(CC(C)C)c(CC(C)C)c(C(C)OCCOc2ccccc2)c1C.Cl.N. The van der Waals surface area contributed by atoms with Gasteiger partial charge in [0.15, 0.2) is 0 Å². The molecule has 3 N–H and O–H groups in total. The van der Waals surface area contributed by atoms with Crippen molar-refractivity contribution in [3.8, 4) is 5.75 Å². The van der Waals surface area contributed by atoms with E-state index in [4.69, 9.17) is 9.47 Å². The fraction of sp³-hybridized carbons (Fsp3) is 0.538. The van der Waals surface area contributed by atoms with Crippen LogP contribution in [0.5, 0.6) is 5.75 Å². The van der Waals surface area contributed by atoms with Gasteiger partial charge in [0.1, 0.15) is 12.4 Å². The maximum absolute atomic E-state index is 6.24. The Bertz CT molecular complexity index is 744. The maximum atomic E-state index is 6.24. The van der Waals surface area contributed by atoms with E-state index in [2.05, 4.69) is 54.5 Å². The summed E-state index contributed by atoms with van der Waals surface area (Å²) in [6.45, 7) is 17.0. The van der Waals surface area contributed by atoms with E-state index in [1.54, 1.807) is 0 Å². The summed E-state index contributed by atoms with van der Waals surface area (Å²) in [6, 6.07) is 12.3. The highest BCUT2D eigenvalue weighted by Crippen LogP contribution is 2.33. The highest BCUT2D eigenvalue weighted by atomic mass is 35.5. The first-order valence-corrected chi connectivity index (χ1v) is 10.7. The van der Waals surface area contributed by atoms with Crippen LogP contribution in [0.15, 0.2) is 36.4 Å². The van der Waals surface area contributed by atoms with E-state index in [0.717, 1.165) is 18.6 Å². The first-order valence-electron chi connectivity index (χ1n) is 10.7. The van der Waals surface area contributed by atoms with Crippen molar-refractivity contribution < 1.29 is 9.47 Å². The topological polar surface area (TPSA) is 53.5 Å². The van der Waals surface area contributed by atoms with E-state index >= 15 is 0 Å². The molecule has 0 fully saturated rings. The molecule has 0 saturated heterocycles. The average Bonchev–Trinajstić information content (AvgIpc) is 2.63. The van der Waals surface area contributed by atoms with Crippen LogP contribution in [0.4, 0.5) is 0 Å². The lowest BCUT2D eigenvalue weighted by Gasteiger charge is -2.26. The summed E-state index contributed by atoms with van der Waals surface area (Å²) in [4.78, 5) is 0. The van der Waals surface area contributed by atoms with Crippen LogP contribution in [0, 0.1) is 25.7 Å². The van der Waals surface area contributed by atoms with Gasteiger partial charge in [-0.25, -0.2) is 0 Å². The Morgan fingerprint density at radius 3 is 2.00 bits per heavy atom. The standard InChI is InChI=1S/C26H38O2.ClH.H3N/c1-18(2)15-23-17-20(5)21(6)26(25(23)16-19(3)4)22(7)27-13-14-28-24-11-9-8-10-12-24;;/h8-12,17-19,22H,13-16H2,1-7H3;1H;1H3. The smallest absolute Gasteiger partial charge is 0.119 e. The molecule has 2 rings (SSSR count). The largest absolute Gasteiger partial charge is 0.491 e. The molecule has 4 heteroatoms. The molecule has 2 aromatic rings. The molecule has 0 aliphatic carbocycles. The van der Waals surface area contributed by atoms with Crippen molar-refractivity contribution in [2.75, 3.05) is 13.2 Å². The Morgan fingerprint density at radius 1 is 0.833 bits per heavy atom. The molecule has 170 valence electrons. The van der Waals surface area contributed by atoms with Gasteiger partial charge in [-0.05, 0) is 85.4 Å². The summed E-state index contributed by atoms with van der Waals surface area (Å²) in [5, 5.41) is 0. The van der Waals surface area contributed by atoms with Gasteiger partial charge < -0.3 is 15.6 Å². The van der Waals surface area contributed by atoms with Crippen LogP contribution in [0.25, 0.3) is 0 Å². The lowest BCUT2D eigenvalue weighted by molar-refractivity contribution is 0.0429. The molecule has 0 bridgehead atoms. The van der Waals surface area contributed by atoms with Crippen LogP contribution in [0.1, 0.15) is 68.5 Å². The molecule has 3 nitrogen and oxygen atoms in total. The van der Waals surface area contributed by atoms with E-state index in [0.29, 0.717) is 25.0 Å². The summed E-state index contributed by atoms with van der Waals surface area (Å²) >= 11 is 0. The summed E-state index contributed by atoms with van der Waals surface area (Å²) in [5.41, 5.74) is 7.14. The van der Waals surface area contributed by atoms with Gasteiger partial charge in [-0.2, -0.15) is 0 Å². The number of ether oxygens (including phenoxy) is 2. The van der Waals surface area contributed by atoms with Gasteiger partial charge in [0.25, 0.3) is 0 Å². The molecule has 0 radical (unpaired) electrons. The Morgan fingerprint density at radius 2 is 1.43 bits per heavy atom. The number of hydrogen-bond donors (Lipinski definition) is 1. The number of hydrogen-bond acceptors (Lipinski definition) is 3. The van der Waals surface area contributed by atoms with E-state index < -0.39 is 0 Å². The molecule has 0 aliphatic heterocycles. The van der Waals surface area contributed by atoms with Gasteiger partial charge in [0.05, 0.1) is 12.7 Å². The number of rotatable bonds is 10. The van der Waals surface area contributed by atoms with Crippen molar-refractivity contribution >= 4 is 12.4 Å². The van der Waals surface area contributed by atoms with Gasteiger partial charge in [-0.1, -0.05) is 52.0 Å². The number of halogens is 1. The van der Waals surface area contributed by atoms with Crippen LogP contribution in [0.3, 0.4) is 0 Å². The highest BCUT2D eigenvalue weighted by molar-refractivity contribution is 5.85. The number of para-hydroxylation sites is 1. The van der Waals surface area contributed by atoms with Crippen LogP contribution in [-0.2, 0) is 17.6 Å². The molecule has 0 heterocycles. The van der Waals surface area contributed by atoms with E-state index in [-0.39, 0.29) is 24.7 Å². The van der Waals surface area contributed by atoms with Gasteiger partial charge >= 0.3 is 0 Å². The van der Waals surface area contributed by atoms with E-state index in [1.807, 2.05) is 30.3 Å². The zero-order chi connectivity index (χ0) is 20.7. The molecule has 0 spiro atoms. The fourth-order valence-corrected chi connectivity index (χ4v) is 3.87. The first-order chi connectivity index (χ1) is 13.3. The van der Waals surface area contributed by atoms with Crippen LogP contribution < -0.4 is 10.9 Å². The summed E-state index contributed by atoms with van der Waals surface area (Å²) in [6.07, 6.45) is 2.30. The van der Waals surface area contributed by atoms with Crippen molar-refractivity contribution in [2.45, 2.75) is 67.4 Å². The third kappa shape index (κ3) is 8.29. The highest BCUT2D eigenvalue weighted by Gasteiger charge is 2.20. The maximum Gasteiger partial charge on any atom is 0.119 e. The normalized spacial score (nSPS) is 11.8. The first kappa shape index (κ1) is 28.5. The zero-order valence-corrected chi connectivity index (χ0v) is 20.8. The zero-order valence-electron chi connectivity index (χ0n) is 20.0. The second-order valence-electron chi connectivity index (χ2n) is 8.74. The molecule has 0 aromatic heterocycles. The molecule has 1 unspecified atom stereocenters. The molecule has 1 atom stereocenters. The predicted octanol–water partition coefficient (Wildman–Crippen LogP) is 7.44. The molecule has 0 amide bonds. The number of benzene rings is 2. The lowest BCUT2D eigenvalue weighted by atomic mass is 9.83. The summed E-state index contributed by atoms with van der Waals surface area (Å²) in [7, 11) is 0. The Balaban J connectivity index is 0.00000420. The summed E-state index contributed by atoms with van der Waals surface area (Å²) in [5.74, 6) is 2.17. The van der Waals surface area contributed by atoms with Crippen LogP contribution in [-0.4, -0.2) is 13.2 Å². The van der Waals surface area contributed by atoms with Crippen molar-refractivity contribution in [3.05, 3.63) is 64.2 Å². The van der Waals surface area contributed by atoms with E-state index in [9.17, 15) is 0 Å².